The van der Waals surface area contributed by atoms with Gasteiger partial charge in [-0.3, -0.25) is 9.59 Å². The Labute approximate surface area is 194 Å². The lowest BCUT2D eigenvalue weighted by Gasteiger charge is -2.14. The minimum Gasteiger partial charge on any atom is -0.491 e. The molecule has 32 heavy (non-hydrogen) atoms. The molecule has 2 amide bonds. The number of carbonyl (C=O) groups is 2. The number of ether oxygens (including phenoxy) is 1. The molecule has 13 heteroatoms. The predicted molar refractivity (Wildman–Crippen MR) is 124 cm³/mol. The second kappa shape index (κ2) is 11.1. The Morgan fingerprint density at radius 1 is 1.28 bits per heavy atom. The maximum Gasteiger partial charge on any atom is 0.235 e. The van der Waals surface area contributed by atoms with Gasteiger partial charge in [0.1, 0.15) is 18.0 Å². The van der Waals surface area contributed by atoms with Crippen LogP contribution < -0.4 is 21.1 Å². The molecule has 0 radical (unpaired) electrons. The third kappa shape index (κ3) is 7.43. The van der Waals surface area contributed by atoms with E-state index < -0.39 is 39.3 Å². The summed E-state index contributed by atoms with van der Waals surface area (Å²) in [5.74, 6) is -1.46. The van der Waals surface area contributed by atoms with E-state index in [0.717, 1.165) is 23.7 Å². The van der Waals surface area contributed by atoms with Gasteiger partial charge in [0.05, 0.1) is 22.2 Å². The number of rotatable bonds is 10. The van der Waals surface area contributed by atoms with Gasteiger partial charge >= 0.3 is 0 Å². The summed E-state index contributed by atoms with van der Waals surface area (Å²) in [5, 5.41) is 3.82. The fourth-order valence-electron chi connectivity index (χ4n) is 2.38. The third-order valence-corrected chi connectivity index (χ3v) is 7.15. The van der Waals surface area contributed by atoms with E-state index in [1.165, 1.54) is 23.9 Å². The Bertz CT molecular complexity index is 1090. The summed E-state index contributed by atoms with van der Waals surface area (Å²) in [6.07, 6.45) is 2.19. The second-order valence-corrected chi connectivity index (χ2v) is 11.5. The topological polar surface area (TPSA) is 140 Å². The molecule has 0 spiro atoms. The number of carbonyl (C=O) groups excluding carboxylic acids is 2. The van der Waals surface area contributed by atoms with Crippen molar-refractivity contribution >= 4 is 55.6 Å². The minimum absolute atomic E-state index is 0.129. The number of nitrogens with two attached hydrogens (primary N) is 1. The number of thiazole rings is 1. The number of hydrogen-bond donors (Lipinski definition) is 3. The van der Waals surface area contributed by atoms with Crippen LogP contribution in [0.1, 0.15) is 31.3 Å². The molecule has 1 heterocycles. The van der Waals surface area contributed by atoms with Crippen LogP contribution in [0.3, 0.4) is 0 Å². The number of thioether (sulfide) groups is 1. The molecule has 2 rings (SSSR count). The first-order valence-corrected chi connectivity index (χ1v) is 13.4. The largest absolute Gasteiger partial charge is 0.491 e. The summed E-state index contributed by atoms with van der Waals surface area (Å²) < 4.78 is 43.1. The van der Waals surface area contributed by atoms with E-state index in [-0.39, 0.29) is 28.2 Å². The molecule has 0 aliphatic rings. The number of aromatic nitrogens is 1. The molecule has 0 saturated heterocycles. The van der Waals surface area contributed by atoms with Gasteiger partial charge in [-0.05, 0) is 24.3 Å². The van der Waals surface area contributed by atoms with Crippen LogP contribution in [-0.2, 0) is 19.4 Å². The number of benzene rings is 1. The molecule has 1 atom stereocenters. The monoisotopic (exact) mass is 504 g/mol. The van der Waals surface area contributed by atoms with E-state index in [1.54, 1.807) is 6.26 Å². The summed E-state index contributed by atoms with van der Waals surface area (Å²) in [4.78, 5) is 28.7. The highest BCUT2D eigenvalue weighted by Crippen LogP contribution is 2.35. The normalized spacial score (nSPS) is 12.5. The zero-order chi connectivity index (χ0) is 24.1. The van der Waals surface area contributed by atoms with E-state index in [2.05, 4.69) is 15.6 Å². The smallest absolute Gasteiger partial charge is 0.235 e. The van der Waals surface area contributed by atoms with Crippen molar-refractivity contribution in [1.82, 2.24) is 4.98 Å². The fraction of sp³-hybridized carbons (Fsp3) is 0.421. The molecule has 0 aliphatic carbocycles. The molecule has 4 N–H and O–H groups in total. The third-order valence-electron chi connectivity index (χ3n) is 3.89. The van der Waals surface area contributed by atoms with Crippen molar-refractivity contribution in [3.05, 3.63) is 29.7 Å². The molecule has 1 aromatic carbocycles. The molecule has 0 bridgehead atoms. The van der Waals surface area contributed by atoms with Crippen molar-refractivity contribution in [3.63, 3.8) is 0 Å². The standard InChI is InChI=1S/C19H25FN4O5S3/c1-10(2)9-29-13-7-11(20)5-6-12(13)22-14(25)8-15(26)23-19-24-16(18(30-3)31-19)17(21)32(4,27)28/h5-7,10,17H,8-9,21H2,1-4H3,(H,22,25)(H,23,24,26). The quantitative estimate of drug-likeness (QED) is 0.331. The summed E-state index contributed by atoms with van der Waals surface area (Å²) in [6.45, 7) is 4.18. The van der Waals surface area contributed by atoms with Gasteiger partial charge in [-0.15, -0.1) is 11.8 Å². The zero-order valence-electron chi connectivity index (χ0n) is 18.0. The van der Waals surface area contributed by atoms with Crippen molar-refractivity contribution in [2.75, 3.05) is 29.8 Å². The molecule has 1 aromatic heterocycles. The molecule has 0 saturated carbocycles. The van der Waals surface area contributed by atoms with Gasteiger partial charge in [-0.1, -0.05) is 25.2 Å². The van der Waals surface area contributed by atoms with Gasteiger partial charge in [-0.25, -0.2) is 17.8 Å². The first-order valence-electron chi connectivity index (χ1n) is 9.42. The van der Waals surface area contributed by atoms with Gasteiger partial charge in [0.25, 0.3) is 0 Å². The van der Waals surface area contributed by atoms with E-state index in [9.17, 15) is 22.4 Å². The maximum atomic E-state index is 13.5. The number of nitrogens with one attached hydrogen (secondary N) is 2. The molecule has 176 valence electrons. The van der Waals surface area contributed by atoms with E-state index in [4.69, 9.17) is 10.5 Å². The van der Waals surface area contributed by atoms with E-state index in [1.807, 2.05) is 13.8 Å². The maximum absolute atomic E-state index is 13.5. The molecule has 9 nitrogen and oxygen atoms in total. The van der Waals surface area contributed by atoms with Gasteiger partial charge in [-0.2, -0.15) is 0 Å². The first kappa shape index (κ1) is 26.0. The van der Waals surface area contributed by atoms with Gasteiger partial charge in [0, 0.05) is 12.3 Å². The fourth-order valence-corrected chi connectivity index (χ4v) is 4.82. The summed E-state index contributed by atoms with van der Waals surface area (Å²) in [6, 6.07) is 3.68. The van der Waals surface area contributed by atoms with E-state index in [0.29, 0.717) is 10.8 Å². The molecular weight excluding hydrogens is 479 g/mol. The number of halogens is 1. The molecule has 2 aromatic rings. The summed E-state index contributed by atoms with van der Waals surface area (Å²) >= 11 is 2.31. The molecule has 0 aliphatic heterocycles. The average molecular weight is 505 g/mol. The SMILES string of the molecule is CSc1sc(NC(=O)CC(=O)Nc2ccc(F)cc2OCC(C)C)nc1C(N)S(C)(=O)=O. The van der Waals surface area contributed by atoms with Crippen LogP contribution in [0.15, 0.2) is 22.4 Å². The highest BCUT2D eigenvalue weighted by atomic mass is 32.2. The Hall–Kier alpha value is -2.22. The van der Waals surface area contributed by atoms with E-state index >= 15 is 0 Å². The number of hydrogen-bond acceptors (Lipinski definition) is 9. The van der Waals surface area contributed by atoms with Crippen LogP contribution >= 0.6 is 23.1 Å². The first-order chi connectivity index (χ1) is 14.9. The second-order valence-electron chi connectivity index (χ2n) is 7.26. The molecular formula is C19H25FN4O5S3. The lowest BCUT2D eigenvalue weighted by molar-refractivity contribution is -0.123. The van der Waals surface area contributed by atoms with Crippen LogP contribution in [0, 0.1) is 11.7 Å². The van der Waals surface area contributed by atoms with Crippen molar-refractivity contribution < 1.29 is 27.1 Å². The average Bonchev–Trinajstić information content (AvgIpc) is 3.08. The van der Waals surface area contributed by atoms with Crippen LogP contribution in [0.5, 0.6) is 5.75 Å². The van der Waals surface area contributed by atoms with Crippen molar-refractivity contribution in [2.24, 2.45) is 11.7 Å². The predicted octanol–water partition coefficient (Wildman–Crippen LogP) is 3.01. The number of amides is 2. The number of nitrogens with zero attached hydrogens (tertiary/aromatic N) is 1. The van der Waals surface area contributed by atoms with Crippen LogP contribution in [0.25, 0.3) is 0 Å². The molecule has 1 unspecified atom stereocenters. The Kier molecular flexibility index (Phi) is 9.01. The summed E-state index contributed by atoms with van der Waals surface area (Å²) in [5.41, 5.74) is 6.14. The van der Waals surface area contributed by atoms with Crippen LogP contribution in [-0.4, -0.2) is 44.3 Å². The Morgan fingerprint density at radius 2 is 1.94 bits per heavy atom. The van der Waals surface area contributed by atoms with Gasteiger partial charge in [0.15, 0.2) is 20.3 Å². The lowest BCUT2D eigenvalue weighted by atomic mass is 10.2. The minimum atomic E-state index is -3.58. The number of sulfone groups is 1. The Morgan fingerprint density at radius 3 is 2.53 bits per heavy atom. The lowest BCUT2D eigenvalue weighted by Crippen LogP contribution is -2.23. The van der Waals surface area contributed by atoms with Gasteiger partial charge < -0.3 is 21.1 Å². The van der Waals surface area contributed by atoms with Crippen molar-refractivity contribution in [3.8, 4) is 5.75 Å². The highest BCUT2D eigenvalue weighted by Gasteiger charge is 2.26. The van der Waals surface area contributed by atoms with Crippen LogP contribution in [0.2, 0.25) is 0 Å². The highest BCUT2D eigenvalue weighted by molar-refractivity contribution is 8.00. The zero-order valence-corrected chi connectivity index (χ0v) is 20.4. The molecule has 0 fully saturated rings. The summed E-state index contributed by atoms with van der Waals surface area (Å²) in [7, 11) is -3.58. The Balaban J connectivity index is 2.05. The van der Waals surface area contributed by atoms with Gasteiger partial charge in [0.2, 0.25) is 11.8 Å². The van der Waals surface area contributed by atoms with Crippen LogP contribution in [0.4, 0.5) is 15.2 Å². The number of anilines is 2. The van der Waals surface area contributed by atoms with Crippen molar-refractivity contribution in [2.45, 2.75) is 29.9 Å². The van der Waals surface area contributed by atoms with Crippen molar-refractivity contribution in [1.29, 1.82) is 0 Å².